The highest BCUT2D eigenvalue weighted by Gasteiger charge is 2.57. The molecule has 0 amide bonds. The molecule has 5 heteroatoms. The highest BCUT2D eigenvalue weighted by atomic mass is 28.4. The SMILES string of the molecule is CO[C@@H]1C[C@H]2O[C@@H]1[C@@H](O[Si](C)(C)C(C)(C)C)[C@@H]2O. The molecule has 2 heterocycles. The predicted octanol–water partition coefficient (Wildman–Crippen LogP) is 1.92. The van der Waals surface area contributed by atoms with E-state index in [4.69, 9.17) is 13.9 Å². The summed E-state index contributed by atoms with van der Waals surface area (Å²) in [6.07, 6.45) is -0.114. The van der Waals surface area contributed by atoms with E-state index < -0.39 is 14.4 Å². The van der Waals surface area contributed by atoms with Crippen molar-refractivity contribution in [2.75, 3.05) is 7.11 Å². The van der Waals surface area contributed by atoms with Gasteiger partial charge < -0.3 is 19.0 Å². The van der Waals surface area contributed by atoms with Gasteiger partial charge in [-0.15, -0.1) is 0 Å². The van der Waals surface area contributed by atoms with Crippen LogP contribution in [0.25, 0.3) is 0 Å². The zero-order chi connectivity index (χ0) is 13.7. The summed E-state index contributed by atoms with van der Waals surface area (Å²) in [4.78, 5) is 0. The number of methoxy groups -OCH3 is 1. The maximum atomic E-state index is 10.2. The zero-order valence-electron chi connectivity index (χ0n) is 12.3. The van der Waals surface area contributed by atoms with Gasteiger partial charge >= 0.3 is 0 Å². The van der Waals surface area contributed by atoms with Crippen LogP contribution < -0.4 is 0 Å². The van der Waals surface area contributed by atoms with Crippen LogP contribution in [0.2, 0.25) is 18.1 Å². The summed E-state index contributed by atoms with van der Waals surface area (Å²) < 4.78 is 17.5. The second kappa shape index (κ2) is 4.56. The Morgan fingerprint density at radius 2 is 1.89 bits per heavy atom. The van der Waals surface area contributed by atoms with Crippen molar-refractivity contribution in [1.82, 2.24) is 0 Å². The van der Waals surface area contributed by atoms with E-state index in [2.05, 4.69) is 33.9 Å². The molecule has 18 heavy (non-hydrogen) atoms. The topological polar surface area (TPSA) is 47.9 Å². The van der Waals surface area contributed by atoms with E-state index in [0.717, 1.165) is 6.42 Å². The Labute approximate surface area is 111 Å². The number of fused-ring (bicyclic) bond motifs is 2. The predicted molar refractivity (Wildman–Crippen MR) is 72.2 cm³/mol. The van der Waals surface area contributed by atoms with Crippen LogP contribution in [0.1, 0.15) is 27.2 Å². The molecule has 0 aromatic heterocycles. The smallest absolute Gasteiger partial charge is 0.192 e. The molecule has 1 N–H and O–H groups in total. The number of rotatable bonds is 3. The van der Waals surface area contributed by atoms with Gasteiger partial charge in [0, 0.05) is 13.5 Å². The van der Waals surface area contributed by atoms with Gasteiger partial charge in [0.2, 0.25) is 0 Å². The molecule has 0 radical (unpaired) electrons. The van der Waals surface area contributed by atoms with E-state index in [0.29, 0.717) is 0 Å². The molecule has 2 aliphatic heterocycles. The largest absolute Gasteiger partial charge is 0.408 e. The molecular formula is C13H26O4Si. The first-order valence-corrected chi connectivity index (χ1v) is 9.62. The Bertz CT molecular complexity index is 313. The van der Waals surface area contributed by atoms with Crippen molar-refractivity contribution in [1.29, 1.82) is 0 Å². The Balaban J connectivity index is 2.10. The molecule has 0 aromatic carbocycles. The normalized spacial score (nSPS) is 40.5. The number of aliphatic hydroxyl groups excluding tert-OH is 1. The van der Waals surface area contributed by atoms with Crippen molar-refractivity contribution < 1.29 is 19.0 Å². The standard InChI is InChI=1S/C13H26O4Si/c1-13(2,3)18(5,6)17-12-10(14)8-7-9(15-4)11(12)16-8/h8-12,14H,7H2,1-6H3/t8-,9-,10-,11+,12+/m1/s1. The van der Waals surface area contributed by atoms with E-state index in [9.17, 15) is 5.11 Å². The van der Waals surface area contributed by atoms with Crippen molar-refractivity contribution in [3.63, 3.8) is 0 Å². The van der Waals surface area contributed by atoms with Crippen LogP contribution in [0.15, 0.2) is 0 Å². The molecule has 0 spiro atoms. The maximum absolute atomic E-state index is 10.2. The fourth-order valence-electron chi connectivity index (χ4n) is 2.51. The molecule has 0 unspecified atom stereocenters. The van der Waals surface area contributed by atoms with Gasteiger partial charge in [0.15, 0.2) is 8.32 Å². The summed E-state index contributed by atoms with van der Waals surface area (Å²) in [6, 6.07) is 0. The molecule has 2 fully saturated rings. The molecule has 4 nitrogen and oxygen atoms in total. The molecule has 0 aromatic rings. The third kappa shape index (κ3) is 2.27. The highest BCUT2D eigenvalue weighted by molar-refractivity contribution is 6.74. The number of hydrogen-bond acceptors (Lipinski definition) is 4. The summed E-state index contributed by atoms with van der Waals surface area (Å²) in [6.45, 7) is 11.0. The van der Waals surface area contributed by atoms with Gasteiger partial charge in [-0.05, 0) is 18.1 Å². The second-order valence-electron chi connectivity index (χ2n) is 6.98. The van der Waals surface area contributed by atoms with Crippen LogP contribution in [0.4, 0.5) is 0 Å². The van der Waals surface area contributed by atoms with Gasteiger partial charge in [-0.3, -0.25) is 0 Å². The van der Waals surface area contributed by atoms with Gasteiger partial charge in [0.25, 0.3) is 0 Å². The van der Waals surface area contributed by atoms with E-state index in [1.165, 1.54) is 0 Å². The zero-order valence-corrected chi connectivity index (χ0v) is 13.3. The third-order valence-electron chi connectivity index (χ3n) is 4.74. The van der Waals surface area contributed by atoms with Gasteiger partial charge in [-0.1, -0.05) is 20.8 Å². The van der Waals surface area contributed by atoms with Crippen molar-refractivity contribution >= 4 is 8.32 Å². The Morgan fingerprint density at radius 1 is 1.28 bits per heavy atom. The number of hydrogen-bond donors (Lipinski definition) is 1. The van der Waals surface area contributed by atoms with Crippen LogP contribution in [0.5, 0.6) is 0 Å². The molecule has 2 aliphatic rings. The summed E-state index contributed by atoms with van der Waals surface area (Å²) in [5, 5.41) is 10.4. The highest BCUT2D eigenvalue weighted by Crippen LogP contribution is 2.43. The molecule has 2 rings (SSSR count). The van der Waals surface area contributed by atoms with E-state index >= 15 is 0 Å². The molecule has 0 aliphatic carbocycles. The first-order valence-electron chi connectivity index (χ1n) is 6.71. The van der Waals surface area contributed by atoms with Gasteiger partial charge in [-0.2, -0.15) is 0 Å². The van der Waals surface area contributed by atoms with Crippen LogP contribution in [0, 0.1) is 0 Å². The van der Waals surface area contributed by atoms with E-state index in [1.807, 2.05) is 0 Å². The molecule has 0 saturated carbocycles. The fraction of sp³-hybridized carbons (Fsp3) is 1.00. The quantitative estimate of drug-likeness (QED) is 0.799. The summed E-state index contributed by atoms with van der Waals surface area (Å²) >= 11 is 0. The lowest BCUT2D eigenvalue weighted by atomic mass is 9.92. The molecule has 106 valence electrons. The van der Waals surface area contributed by atoms with Crippen molar-refractivity contribution in [2.24, 2.45) is 0 Å². The Morgan fingerprint density at radius 3 is 2.33 bits per heavy atom. The Kier molecular flexibility index (Phi) is 3.66. The summed E-state index contributed by atoms with van der Waals surface area (Å²) in [5.74, 6) is 0. The third-order valence-corrected chi connectivity index (χ3v) is 9.22. The lowest BCUT2D eigenvalue weighted by Gasteiger charge is -2.41. The average molecular weight is 274 g/mol. The summed E-state index contributed by atoms with van der Waals surface area (Å²) in [5.41, 5.74) is 0. The first kappa shape index (κ1) is 14.5. The lowest BCUT2D eigenvalue weighted by Crippen LogP contribution is -2.53. The molecule has 5 atom stereocenters. The van der Waals surface area contributed by atoms with Crippen molar-refractivity contribution in [3.05, 3.63) is 0 Å². The Hall–Kier alpha value is 0.0569. The minimum atomic E-state index is -1.89. The van der Waals surface area contributed by atoms with Gasteiger partial charge in [0.1, 0.15) is 18.3 Å². The second-order valence-corrected chi connectivity index (χ2v) is 11.7. The van der Waals surface area contributed by atoms with E-state index in [-0.39, 0.29) is 29.5 Å². The minimum Gasteiger partial charge on any atom is -0.408 e. The summed E-state index contributed by atoms with van der Waals surface area (Å²) in [7, 11) is -0.188. The van der Waals surface area contributed by atoms with Crippen molar-refractivity contribution in [3.8, 4) is 0 Å². The molecular weight excluding hydrogens is 248 g/mol. The van der Waals surface area contributed by atoms with Crippen molar-refractivity contribution in [2.45, 2.75) is 75.8 Å². The van der Waals surface area contributed by atoms with Gasteiger partial charge in [0.05, 0.1) is 12.2 Å². The van der Waals surface area contributed by atoms with Gasteiger partial charge in [-0.25, -0.2) is 0 Å². The maximum Gasteiger partial charge on any atom is 0.192 e. The number of aliphatic hydroxyl groups is 1. The average Bonchev–Trinajstić information content (AvgIpc) is 2.77. The number of ether oxygens (including phenoxy) is 2. The first-order chi connectivity index (χ1) is 8.17. The van der Waals surface area contributed by atoms with E-state index in [1.54, 1.807) is 7.11 Å². The molecule has 2 saturated heterocycles. The van der Waals surface area contributed by atoms with Crippen LogP contribution >= 0.6 is 0 Å². The fourth-order valence-corrected chi connectivity index (χ4v) is 3.81. The lowest BCUT2D eigenvalue weighted by molar-refractivity contribution is -0.0422. The van der Waals surface area contributed by atoms with Crippen LogP contribution in [-0.2, 0) is 13.9 Å². The minimum absolute atomic E-state index is 0.0631. The molecule has 2 bridgehead atoms. The van der Waals surface area contributed by atoms with Crippen LogP contribution in [0.3, 0.4) is 0 Å². The monoisotopic (exact) mass is 274 g/mol. The van der Waals surface area contributed by atoms with Crippen LogP contribution in [-0.4, -0.2) is 51.1 Å².